The summed E-state index contributed by atoms with van der Waals surface area (Å²) >= 11 is 0. The molecule has 0 unspecified atom stereocenters. The van der Waals surface area contributed by atoms with Gasteiger partial charge in [-0.3, -0.25) is 14.8 Å². The summed E-state index contributed by atoms with van der Waals surface area (Å²) in [5, 5.41) is 0. The Morgan fingerprint density at radius 1 is 0.538 bits per heavy atom. The van der Waals surface area contributed by atoms with Gasteiger partial charge in [0.2, 0.25) is 0 Å². The number of rotatable bonds is 4. The van der Waals surface area contributed by atoms with Crippen LogP contribution in [0.25, 0.3) is 22.3 Å². The minimum absolute atomic E-state index is 0.0828. The van der Waals surface area contributed by atoms with Gasteiger partial charge in [0.25, 0.3) is 0 Å². The fraction of sp³-hybridized carbons (Fsp3) is 0. The molecule has 4 aromatic rings. The summed E-state index contributed by atoms with van der Waals surface area (Å²) in [7, 11) is 0. The second-order valence-corrected chi connectivity index (χ2v) is 5.99. The highest BCUT2D eigenvalue weighted by Crippen LogP contribution is 2.22. The molecule has 3 nitrogen and oxygen atoms in total. The predicted octanol–water partition coefficient (Wildman–Crippen LogP) is 5.04. The fourth-order valence-electron chi connectivity index (χ4n) is 2.87. The third kappa shape index (κ3) is 3.28. The van der Waals surface area contributed by atoms with Gasteiger partial charge in [-0.05, 0) is 23.3 Å². The van der Waals surface area contributed by atoms with Crippen molar-refractivity contribution in [2.45, 2.75) is 0 Å². The Hall–Kier alpha value is -3.59. The SMILES string of the molecule is O=C(c1cncc(-c2ccccc2)c1)c1cncc(-c2ccccc2)c1. The summed E-state index contributed by atoms with van der Waals surface area (Å²) < 4.78 is 0. The summed E-state index contributed by atoms with van der Waals surface area (Å²) in [4.78, 5) is 21.4. The van der Waals surface area contributed by atoms with E-state index < -0.39 is 0 Å². The first-order chi connectivity index (χ1) is 12.8. The number of hydrogen-bond acceptors (Lipinski definition) is 3. The molecule has 0 amide bonds. The molecule has 0 saturated carbocycles. The third-order valence-electron chi connectivity index (χ3n) is 4.22. The molecular formula is C23H16N2O. The standard InChI is InChI=1S/C23H16N2O/c26-23(21-11-19(13-24-15-21)17-7-3-1-4-8-17)22-12-20(14-25-16-22)18-9-5-2-6-10-18/h1-16H. The smallest absolute Gasteiger partial charge is 0.196 e. The van der Waals surface area contributed by atoms with Crippen LogP contribution in [0.4, 0.5) is 0 Å². The van der Waals surface area contributed by atoms with Crippen molar-refractivity contribution in [3.05, 3.63) is 109 Å². The summed E-state index contributed by atoms with van der Waals surface area (Å²) in [5.41, 5.74) is 5.01. The Labute approximate surface area is 152 Å². The summed E-state index contributed by atoms with van der Waals surface area (Å²) in [5.74, 6) is -0.0828. The number of carbonyl (C=O) groups excluding carboxylic acids is 1. The van der Waals surface area contributed by atoms with Crippen LogP contribution in [0.15, 0.2) is 97.6 Å². The lowest BCUT2D eigenvalue weighted by atomic mass is 9.99. The molecule has 0 radical (unpaired) electrons. The van der Waals surface area contributed by atoms with Crippen molar-refractivity contribution in [2.75, 3.05) is 0 Å². The number of ketones is 1. The molecule has 2 aromatic carbocycles. The van der Waals surface area contributed by atoms with Crippen LogP contribution >= 0.6 is 0 Å². The maximum atomic E-state index is 12.9. The molecule has 0 aliphatic rings. The maximum Gasteiger partial charge on any atom is 0.196 e. The zero-order chi connectivity index (χ0) is 17.8. The van der Waals surface area contributed by atoms with Crippen LogP contribution in [-0.2, 0) is 0 Å². The van der Waals surface area contributed by atoms with Crippen molar-refractivity contribution in [3.63, 3.8) is 0 Å². The molecule has 0 bridgehead atoms. The molecule has 0 fully saturated rings. The normalized spacial score (nSPS) is 10.5. The molecular weight excluding hydrogens is 320 g/mol. The van der Waals surface area contributed by atoms with Crippen LogP contribution in [0.2, 0.25) is 0 Å². The first-order valence-electron chi connectivity index (χ1n) is 8.37. The quantitative estimate of drug-likeness (QED) is 0.490. The van der Waals surface area contributed by atoms with E-state index in [0.717, 1.165) is 22.3 Å². The summed E-state index contributed by atoms with van der Waals surface area (Å²) in [6.45, 7) is 0. The van der Waals surface area contributed by atoms with E-state index in [0.29, 0.717) is 11.1 Å². The minimum Gasteiger partial charge on any atom is -0.288 e. The largest absolute Gasteiger partial charge is 0.288 e. The third-order valence-corrected chi connectivity index (χ3v) is 4.22. The zero-order valence-corrected chi connectivity index (χ0v) is 14.0. The van der Waals surface area contributed by atoms with E-state index >= 15 is 0 Å². The van der Waals surface area contributed by atoms with Crippen LogP contribution < -0.4 is 0 Å². The molecule has 0 N–H and O–H groups in total. The molecule has 124 valence electrons. The first-order valence-corrected chi connectivity index (χ1v) is 8.37. The van der Waals surface area contributed by atoms with Crippen LogP contribution in [0.3, 0.4) is 0 Å². The van der Waals surface area contributed by atoms with Gasteiger partial charge < -0.3 is 0 Å². The average molecular weight is 336 g/mol. The van der Waals surface area contributed by atoms with Gasteiger partial charge in [0.05, 0.1) is 0 Å². The highest BCUT2D eigenvalue weighted by atomic mass is 16.1. The van der Waals surface area contributed by atoms with Gasteiger partial charge >= 0.3 is 0 Å². The topological polar surface area (TPSA) is 42.9 Å². The number of aromatic nitrogens is 2. The molecule has 4 rings (SSSR count). The van der Waals surface area contributed by atoms with Gasteiger partial charge in [-0.25, -0.2) is 0 Å². The molecule has 2 aromatic heterocycles. The minimum atomic E-state index is -0.0828. The van der Waals surface area contributed by atoms with Gasteiger partial charge in [0, 0.05) is 47.0 Å². The van der Waals surface area contributed by atoms with Gasteiger partial charge in [-0.1, -0.05) is 60.7 Å². The molecule has 26 heavy (non-hydrogen) atoms. The van der Waals surface area contributed by atoms with Crippen LogP contribution in [0.5, 0.6) is 0 Å². The Morgan fingerprint density at radius 3 is 1.38 bits per heavy atom. The number of carbonyl (C=O) groups is 1. The fourth-order valence-corrected chi connectivity index (χ4v) is 2.87. The Morgan fingerprint density at radius 2 is 0.962 bits per heavy atom. The van der Waals surface area contributed by atoms with E-state index in [1.807, 2.05) is 72.8 Å². The zero-order valence-electron chi connectivity index (χ0n) is 14.0. The number of nitrogens with zero attached hydrogens (tertiary/aromatic N) is 2. The lowest BCUT2D eigenvalue weighted by Gasteiger charge is -2.06. The number of hydrogen-bond donors (Lipinski definition) is 0. The summed E-state index contributed by atoms with van der Waals surface area (Å²) in [6, 6.07) is 23.6. The van der Waals surface area contributed by atoms with Crippen molar-refractivity contribution < 1.29 is 4.79 Å². The van der Waals surface area contributed by atoms with Crippen LogP contribution in [0.1, 0.15) is 15.9 Å². The molecule has 3 heteroatoms. The highest BCUT2D eigenvalue weighted by Gasteiger charge is 2.12. The molecule has 0 aliphatic heterocycles. The van der Waals surface area contributed by atoms with Gasteiger partial charge in [0.15, 0.2) is 5.78 Å². The van der Waals surface area contributed by atoms with E-state index in [1.54, 1.807) is 24.8 Å². The predicted molar refractivity (Wildman–Crippen MR) is 103 cm³/mol. The van der Waals surface area contributed by atoms with Crippen molar-refractivity contribution in [3.8, 4) is 22.3 Å². The molecule has 0 aliphatic carbocycles. The van der Waals surface area contributed by atoms with E-state index in [4.69, 9.17) is 0 Å². The first kappa shape index (κ1) is 15.9. The van der Waals surface area contributed by atoms with Gasteiger partial charge in [-0.2, -0.15) is 0 Å². The van der Waals surface area contributed by atoms with E-state index in [1.165, 1.54) is 0 Å². The van der Waals surface area contributed by atoms with Crippen molar-refractivity contribution in [2.24, 2.45) is 0 Å². The Kier molecular flexibility index (Phi) is 4.35. The maximum absolute atomic E-state index is 12.9. The van der Waals surface area contributed by atoms with Gasteiger partial charge in [-0.15, -0.1) is 0 Å². The molecule has 0 atom stereocenters. The van der Waals surface area contributed by atoms with E-state index in [9.17, 15) is 4.79 Å². The molecule has 2 heterocycles. The summed E-state index contributed by atoms with van der Waals surface area (Å²) in [6.07, 6.45) is 6.74. The van der Waals surface area contributed by atoms with Crippen molar-refractivity contribution >= 4 is 5.78 Å². The van der Waals surface area contributed by atoms with Gasteiger partial charge in [0.1, 0.15) is 0 Å². The number of benzene rings is 2. The van der Waals surface area contributed by atoms with Crippen molar-refractivity contribution in [1.82, 2.24) is 9.97 Å². The average Bonchev–Trinajstić information content (AvgIpc) is 2.75. The molecule has 0 saturated heterocycles. The lowest BCUT2D eigenvalue weighted by Crippen LogP contribution is -2.03. The van der Waals surface area contributed by atoms with Crippen LogP contribution in [0, 0.1) is 0 Å². The van der Waals surface area contributed by atoms with E-state index in [2.05, 4.69) is 9.97 Å². The monoisotopic (exact) mass is 336 g/mol. The molecule has 0 spiro atoms. The second-order valence-electron chi connectivity index (χ2n) is 5.99. The van der Waals surface area contributed by atoms with Crippen molar-refractivity contribution in [1.29, 1.82) is 0 Å². The Bertz CT molecular complexity index is 959. The van der Waals surface area contributed by atoms with Crippen LogP contribution in [-0.4, -0.2) is 15.8 Å². The van der Waals surface area contributed by atoms with E-state index in [-0.39, 0.29) is 5.78 Å². The lowest BCUT2D eigenvalue weighted by molar-refractivity contribution is 0.103. The highest BCUT2D eigenvalue weighted by molar-refractivity contribution is 6.09. The Balaban J connectivity index is 1.69. The number of pyridine rings is 2. The second kappa shape index (κ2) is 7.11.